The minimum Gasteiger partial charge on any atom is -0.366 e. The number of hydrogen-bond acceptors (Lipinski definition) is 2. The molecule has 0 saturated carbocycles. The summed E-state index contributed by atoms with van der Waals surface area (Å²) in [7, 11) is 0. The van der Waals surface area contributed by atoms with Gasteiger partial charge in [-0.15, -0.1) is 0 Å². The lowest BCUT2D eigenvalue weighted by Gasteiger charge is -2.33. The molecule has 0 bridgehead atoms. The number of pyridine rings is 1. The number of aromatic amines is 1. The van der Waals surface area contributed by atoms with Gasteiger partial charge in [-0.05, 0) is 43.9 Å². The first kappa shape index (κ1) is 18.8. The molecule has 1 fully saturated rings. The predicted molar refractivity (Wildman–Crippen MR) is 98.7 cm³/mol. The highest BCUT2D eigenvalue weighted by atomic mass is 19.4. The molecule has 3 nitrogen and oxygen atoms in total. The summed E-state index contributed by atoms with van der Waals surface area (Å²) in [6.07, 6.45) is 1.78. The molecule has 0 spiro atoms. The molecule has 3 rings (SSSR count). The number of benzene rings is 1. The molecule has 2 aromatic rings. The zero-order valence-electron chi connectivity index (χ0n) is 15.2. The number of fused-ring (bicyclic) bond motifs is 1. The van der Waals surface area contributed by atoms with Crippen LogP contribution in [0.2, 0.25) is 0 Å². The van der Waals surface area contributed by atoms with Gasteiger partial charge in [0, 0.05) is 34.7 Å². The Morgan fingerprint density at radius 1 is 1.08 bits per heavy atom. The van der Waals surface area contributed by atoms with Gasteiger partial charge in [-0.25, -0.2) is 0 Å². The van der Waals surface area contributed by atoms with Gasteiger partial charge in [0.15, 0.2) is 0 Å². The molecule has 0 amide bonds. The largest absolute Gasteiger partial charge is 0.417 e. The zero-order chi connectivity index (χ0) is 18.9. The molecule has 1 aromatic heterocycles. The van der Waals surface area contributed by atoms with E-state index in [0.717, 1.165) is 44.2 Å². The van der Waals surface area contributed by atoms with Gasteiger partial charge < -0.3 is 9.88 Å². The van der Waals surface area contributed by atoms with Crippen molar-refractivity contribution in [1.82, 2.24) is 4.98 Å². The van der Waals surface area contributed by atoms with E-state index < -0.39 is 17.3 Å². The van der Waals surface area contributed by atoms with Crippen LogP contribution in [0.15, 0.2) is 29.1 Å². The second kappa shape index (κ2) is 7.33. The van der Waals surface area contributed by atoms with Crippen molar-refractivity contribution in [3.63, 3.8) is 0 Å². The van der Waals surface area contributed by atoms with Crippen molar-refractivity contribution in [2.75, 3.05) is 4.90 Å². The maximum Gasteiger partial charge on any atom is 0.417 e. The SMILES string of the molecule is CCC[C@@H]1CC[C@H](CCC)N1c1ccc2[nH]c(=O)cc(C(F)(F)F)c2c1. The first-order valence-corrected chi connectivity index (χ1v) is 9.37. The normalized spacial score (nSPS) is 20.9. The lowest BCUT2D eigenvalue weighted by molar-refractivity contribution is -0.136. The van der Waals surface area contributed by atoms with Crippen LogP contribution in [0, 0.1) is 0 Å². The molecule has 2 atom stereocenters. The van der Waals surface area contributed by atoms with Crippen molar-refractivity contribution in [2.24, 2.45) is 0 Å². The quantitative estimate of drug-likeness (QED) is 0.760. The van der Waals surface area contributed by atoms with Crippen molar-refractivity contribution in [3.8, 4) is 0 Å². The number of aromatic nitrogens is 1. The summed E-state index contributed by atoms with van der Waals surface area (Å²) < 4.78 is 40.3. The van der Waals surface area contributed by atoms with Crippen LogP contribution in [0.1, 0.15) is 57.9 Å². The summed E-state index contributed by atoms with van der Waals surface area (Å²) in [4.78, 5) is 16.4. The van der Waals surface area contributed by atoms with Gasteiger partial charge >= 0.3 is 6.18 Å². The van der Waals surface area contributed by atoms with Gasteiger partial charge in [0.25, 0.3) is 0 Å². The van der Waals surface area contributed by atoms with E-state index >= 15 is 0 Å². The number of nitrogens with one attached hydrogen (secondary N) is 1. The van der Waals surface area contributed by atoms with E-state index in [1.165, 1.54) is 0 Å². The number of rotatable bonds is 5. The first-order valence-electron chi connectivity index (χ1n) is 9.37. The third-order valence-corrected chi connectivity index (χ3v) is 5.29. The minimum atomic E-state index is -4.55. The average molecular weight is 366 g/mol. The lowest BCUT2D eigenvalue weighted by Crippen LogP contribution is -2.36. The van der Waals surface area contributed by atoms with E-state index in [1.807, 2.05) is 6.07 Å². The molecule has 1 aromatic carbocycles. The van der Waals surface area contributed by atoms with E-state index in [0.29, 0.717) is 18.2 Å². The van der Waals surface area contributed by atoms with E-state index in [1.54, 1.807) is 12.1 Å². The molecule has 2 heterocycles. The predicted octanol–water partition coefficient (Wildman–Crippen LogP) is 5.48. The van der Waals surface area contributed by atoms with Crippen LogP contribution in [0.4, 0.5) is 18.9 Å². The van der Waals surface area contributed by atoms with Crippen molar-refractivity contribution in [1.29, 1.82) is 0 Å². The van der Waals surface area contributed by atoms with Crippen LogP contribution >= 0.6 is 0 Å². The number of hydrogen-bond donors (Lipinski definition) is 1. The summed E-state index contributed by atoms with van der Waals surface area (Å²) >= 11 is 0. The van der Waals surface area contributed by atoms with Gasteiger partial charge in [0.2, 0.25) is 5.56 Å². The number of anilines is 1. The fourth-order valence-electron chi connectivity index (χ4n) is 4.25. The van der Waals surface area contributed by atoms with Crippen LogP contribution in [-0.4, -0.2) is 17.1 Å². The van der Waals surface area contributed by atoms with Crippen LogP contribution in [0.5, 0.6) is 0 Å². The monoisotopic (exact) mass is 366 g/mol. The molecule has 1 aliphatic rings. The highest BCUT2D eigenvalue weighted by molar-refractivity contribution is 5.86. The molecular formula is C20H25F3N2O. The van der Waals surface area contributed by atoms with Gasteiger partial charge in [-0.2, -0.15) is 13.2 Å². The fourth-order valence-corrected chi connectivity index (χ4v) is 4.25. The second-order valence-corrected chi connectivity index (χ2v) is 7.14. The summed E-state index contributed by atoms with van der Waals surface area (Å²) in [6.45, 7) is 4.27. The minimum absolute atomic E-state index is 0.0620. The molecule has 26 heavy (non-hydrogen) atoms. The summed E-state index contributed by atoms with van der Waals surface area (Å²) in [5, 5.41) is 0.0620. The van der Waals surface area contributed by atoms with Gasteiger partial charge in [0.1, 0.15) is 0 Å². The van der Waals surface area contributed by atoms with Crippen molar-refractivity contribution in [2.45, 2.75) is 70.6 Å². The van der Waals surface area contributed by atoms with Gasteiger partial charge in [-0.1, -0.05) is 26.7 Å². The number of halogens is 3. The van der Waals surface area contributed by atoms with E-state index in [9.17, 15) is 18.0 Å². The Hall–Kier alpha value is -1.98. The number of nitrogens with zero attached hydrogens (tertiary/aromatic N) is 1. The maximum atomic E-state index is 13.4. The lowest BCUT2D eigenvalue weighted by atomic mass is 10.1. The Kier molecular flexibility index (Phi) is 5.30. The Morgan fingerprint density at radius 2 is 1.69 bits per heavy atom. The molecule has 0 aliphatic carbocycles. The third kappa shape index (κ3) is 3.60. The highest BCUT2D eigenvalue weighted by Crippen LogP contribution is 2.38. The van der Waals surface area contributed by atoms with E-state index in [2.05, 4.69) is 23.7 Å². The number of alkyl halides is 3. The van der Waals surface area contributed by atoms with Crippen LogP contribution in [0.3, 0.4) is 0 Å². The first-order chi connectivity index (χ1) is 12.3. The summed E-state index contributed by atoms with van der Waals surface area (Å²) in [5.41, 5.74) is -0.542. The molecule has 6 heteroatoms. The van der Waals surface area contributed by atoms with Crippen molar-refractivity contribution >= 4 is 16.6 Å². The van der Waals surface area contributed by atoms with Crippen LogP contribution < -0.4 is 10.5 Å². The third-order valence-electron chi connectivity index (χ3n) is 5.29. The molecule has 0 unspecified atom stereocenters. The topological polar surface area (TPSA) is 36.1 Å². The molecule has 1 N–H and O–H groups in total. The van der Waals surface area contributed by atoms with E-state index in [-0.39, 0.29) is 10.9 Å². The molecule has 1 saturated heterocycles. The zero-order valence-corrected chi connectivity index (χ0v) is 15.2. The Morgan fingerprint density at radius 3 is 2.23 bits per heavy atom. The second-order valence-electron chi connectivity index (χ2n) is 7.14. The van der Waals surface area contributed by atoms with Crippen molar-refractivity contribution < 1.29 is 13.2 Å². The Balaban J connectivity index is 2.12. The van der Waals surface area contributed by atoms with Crippen LogP contribution in [0.25, 0.3) is 10.9 Å². The maximum absolute atomic E-state index is 13.4. The number of H-pyrrole nitrogens is 1. The van der Waals surface area contributed by atoms with E-state index in [4.69, 9.17) is 0 Å². The highest BCUT2D eigenvalue weighted by Gasteiger charge is 2.35. The Bertz CT molecular complexity index is 814. The Labute approximate surface area is 151 Å². The standard InChI is InChI=1S/C20H25F3N2O/c1-3-5-13-7-8-14(6-4-2)25(13)15-9-10-18-16(11-15)17(20(21,22)23)12-19(26)24-18/h9-14H,3-8H2,1-2H3,(H,24,26)/t13-,14+. The summed E-state index contributed by atoms with van der Waals surface area (Å²) in [5.74, 6) is 0. The van der Waals surface area contributed by atoms with Crippen LogP contribution in [-0.2, 0) is 6.18 Å². The molecule has 0 radical (unpaired) electrons. The van der Waals surface area contributed by atoms with Gasteiger partial charge in [-0.3, -0.25) is 4.79 Å². The van der Waals surface area contributed by atoms with Gasteiger partial charge in [0.05, 0.1) is 5.56 Å². The molecule has 1 aliphatic heterocycles. The fraction of sp³-hybridized carbons (Fsp3) is 0.550. The average Bonchev–Trinajstić information content (AvgIpc) is 2.96. The summed E-state index contributed by atoms with van der Waals surface area (Å²) in [6, 6.07) is 6.44. The molecule has 142 valence electrons. The smallest absolute Gasteiger partial charge is 0.366 e. The van der Waals surface area contributed by atoms with Crippen molar-refractivity contribution in [3.05, 3.63) is 40.2 Å². The molecular weight excluding hydrogens is 341 g/mol.